The number of fused-ring (bicyclic) bond motifs is 4. The number of hydrogen-bond acceptors (Lipinski definition) is 5. The molecule has 7 heteroatoms. The Hall–Kier alpha value is -3.58. The molecule has 6 nitrogen and oxygen atoms in total. The first-order valence-electron chi connectivity index (χ1n) is 9.55. The van der Waals surface area contributed by atoms with Gasteiger partial charge in [0.2, 0.25) is 5.91 Å². The predicted molar refractivity (Wildman–Crippen MR) is 121 cm³/mol. The lowest BCUT2D eigenvalue weighted by molar-refractivity contribution is -0.116. The number of nitrogens with one attached hydrogen (secondary N) is 1. The molecule has 5 rings (SSSR count). The third-order valence-corrected chi connectivity index (χ3v) is 6.18. The lowest BCUT2D eigenvalue weighted by atomic mass is 10.1. The van der Waals surface area contributed by atoms with Gasteiger partial charge >= 0.3 is 0 Å². The van der Waals surface area contributed by atoms with Gasteiger partial charge in [-0.25, -0.2) is 9.97 Å². The van der Waals surface area contributed by atoms with Gasteiger partial charge in [-0.15, -0.1) is 11.3 Å². The van der Waals surface area contributed by atoms with Crippen LogP contribution in [0.2, 0.25) is 0 Å². The molecule has 3 heterocycles. The van der Waals surface area contributed by atoms with Crippen LogP contribution in [0.5, 0.6) is 0 Å². The Morgan fingerprint density at radius 1 is 1.13 bits per heavy atom. The minimum Gasteiger partial charge on any atom is -0.324 e. The fourth-order valence-electron chi connectivity index (χ4n) is 3.79. The van der Waals surface area contributed by atoms with Crippen molar-refractivity contribution in [1.29, 1.82) is 0 Å². The minimum atomic E-state index is -0.277. The third-order valence-electron chi connectivity index (χ3n) is 5.12. The lowest BCUT2D eigenvalue weighted by Gasteiger charge is -2.10. The van der Waals surface area contributed by atoms with E-state index in [1.165, 1.54) is 22.2 Å². The lowest BCUT2D eigenvalue weighted by Crippen LogP contribution is -2.27. The van der Waals surface area contributed by atoms with Crippen molar-refractivity contribution in [2.24, 2.45) is 0 Å². The molecule has 0 aliphatic heterocycles. The molecule has 0 saturated heterocycles. The number of carbonyl (C=O) groups is 1. The van der Waals surface area contributed by atoms with Gasteiger partial charge in [0.15, 0.2) is 0 Å². The molecule has 0 saturated carbocycles. The molecular formula is C23H18N4O2S. The summed E-state index contributed by atoms with van der Waals surface area (Å²) in [6, 6.07) is 15.6. The third kappa shape index (κ3) is 3.04. The number of rotatable bonds is 3. The second-order valence-corrected chi connectivity index (χ2v) is 8.29. The zero-order valence-corrected chi connectivity index (χ0v) is 17.3. The highest BCUT2D eigenvalue weighted by Gasteiger charge is 2.16. The minimum absolute atomic E-state index is 0.106. The molecule has 0 atom stereocenters. The van der Waals surface area contributed by atoms with Crippen molar-refractivity contribution in [1.82, 2.24) is 14.5 Å². The van der Waals surface area contributed by atoms with Crippen molar-refractivity contribution in [2.75, 3.05) is 5.32 Å². The van der Waals surface area contributed by atoms with Crippen LogP contribution < -0.4 is 10.9 Å². The fourth-order valence-corrected chi connectivity index (χ4v) is 4.99. The molecule has 0 spiro atoms. The monoisotopic (exact) mass is 414 g/mol. The van der Waals surface area contributed by atoms with Crippen LogP contribution in [-0.2, 0) is 11.3 Å². The van der Waals surface area contributed by atoms with Crippen molar-refractivity contribution in [3.05, 3.63) is 76.5 Å². The van der Waals surface area contributed by atoms with Crippen LogP contribution in [0.1, 0.15) is 11.3 Å². The van der Waals surface area contributed by atoms with Crippen LogP contribution in [0.15, 0.2) is 59.7 Å². The Bertz CT molecular complexity index is 1510. The second-order valence-electron chi connectivity index (χ2n) is 7.29. The first-order chi connectivity index (χ1) is 14.5. The van der Waals surface area contributed by atoms with Crippen LogP contribution >= 0.6 is 11.3 Å². The molecule has 2 aromatic carbocycles. The zero-order chi connectivity index (χ0) is 20.8. The zero-order valence-electron chi connectivity index (χ0n) is 16.5. The first-order valence-corrected chi connectivity index (χ1v) is 10.4. The number of anilines is 1. The van der Waals surface area contributed by atoms with Crippen LogP contribution in [0, 0.1) is 13.8 Å². The van der Waals surface area contributed by atoms with Gasteiger partial charge in [0.1, 0.15) is 16.1 Å². The normalized spacial score (nSPS) is 11.4. The first kappa shape index (κ1) is 18.4. The number of carbonyl (C=O) groups excluding carboxylic acids is 1. The molecule has 5 aromatic rings. The molecule has 0 fully saturated rings. The quantitative estimate of drug-likeness (QED) is 0.474. The van der Waals surface area contributed by atoms with E-state index in [1.807, 2.05) is 62.4 Å². The van der Waals surface area contributed by atoms with E-state index >= 15 is 0 Å². The number of pyridine rings is 1. The van der Waals surface area contributed by atoms with Gasteiger partial charge in [0.05, 0.1) is 11.8 Å². The Labute approximate surface area is 175 Å². The van der Waals surface area contributed by atoms with E-state index in [1.54, 1.807) is 0 Å². The summed E-state index contributed by atoms with van der Waals surface area (Å²) in [4.78, 5) is 35.5. The summed E-state index contributed by atoms with van der Waals surface area (Å²) in [6.45, 7) is 3.82. The Balaban J connectivity index is 1.50. The largest absolute Gasteiger partial charge is 0.324 e. The molecule has 3 aromatic heterocycles. The molecule has 0 radical (unpaired) electrons. The maximum atomic E-state index is 13.0. The van der Waals surface area contributed by atoms with E-state index in [0.717, 1.165) is 37.9 Å². The van der Waals surface area contributed by atoms with Gasteiger partial charge in [-0.05, 0) is 36.9 Å². The number of amides is 1. The van der Waals surface area contributed by atoms with Gasteiger partial charge in [-0.3, -0.25) is 14.2 Å². The van der Waals surface area contributed by atoms with Crippen LogP contribution in [0.3, 0.4) is 0 Å². The van der Waals surface area contributed by atoms with Crippen LogP contribution in [-0.4, -0.2) is 20.4 Å². The SMILES string of the molecule is Cc1cc(C)c2c(n1)sc1c(=O)n(CC(=O)Nc3cccc4ccccc34)cnc12. The van der Waals surface area contributed by atoms with E-state index in [9.17, 15) is 9.59 Å². The van der Waals surface area contributed by atoms with Crippen molar-refractivity contribution in [3.63, 3.8) is 0 Å². The smallest absolute Gasteiger partial charge is 0.271 e. The summed E-state index contributed by atoms with van der Waals surface area (Å²) in [7, 11) is 0. The summed E-state index contributed by atoms with van der Waals surface area (Å²) < 4.78 is 1.87. The molecule has 0 bridgehead atoms. The highest BCUT2D eigenvalue weighted by Crippen LogP contribution is 2.31. The van der Waals surface area contributed by atoms with E-state index in [2.05, 4.69) is 15.3 Å². The number of aromatic nitrogens is 3. The average molecular weight is 414 g/mol. The molecule has 0 aliphatic rings. The van der Waals surface area contributed by atoms with Gasteiger partial charge in [-0.1, -0.05) is 36.4 Å². The molecular weight excluding hydrogens is 396 g/mol. The van der Waals surface area contributed by atoms with E-state index < -0.39 is 0 Å². The summed E-state index contributed by atoms with van der Waals surface area (Å²) in [6.07, 6.45) is 1.44. The fraction of sp³-hybridized carbons (Fsp3) is 0.130. The topological polar surface area (TPSA) is 76.9 Å². The summed E-state index contributed by atoms with van der Waals surface area (Å²) in [5, 5.41) is 5.82. The number of hydrogen-bond donors (Lipinski definition) is 1. The molecule has 1 amide bonds. The van der Waals surface area contributed by atoms with Gasteiger partial charge in [0.25, 0.3) is 5.56 Å². The predicted octanol–water partition coefficient (Wildman–Crippen LogP) is 4.41. The summed E-state index contributed by atoms with van der Waals surface area (Å²) in [5.41, 5.74) is 3.09. The molecule has 1 N–H and O–H groups in total. The van der Waals surface area contributed by atoms with Crippen LogP contribution in [0.25, 0.3) is 31.2 Å². The molecule has 148 valence electrons. The van der Waals surface area contributed by atoms with Crippen molar-refractivity contribution >= 4 is 54.1 Å². The van der Waals surface area contributed by atoms with E-state index in [0.29, 0.717) is 10.2 Å². The number of aryl methyl sites for hydroxylation is 2. The Morgan fingerprint density at radius 3 is 2.80 bits per heavy atom. The van der Waals surface area contributed by atoms with Gasteiger partial charge in [0, 0.05) is 22.2 Å². The summed E-state index contributed by atoms with van der Waals surface area (Å²) in [5.74, 6) is -0.277. The van der Waals surface area contributed by atoms with Crippen molar-refractivity contribution in [3.8, 4) is 0 Å². The number of nitrogens with zero attached hydrogens (tertiary/aromatic N) is 3. The van der Waals surface area contributed by atoms with Gasteiger partial charge < -0.3 is 5.32 Å². The maximum absolute atomic E-state index is 13.0. The average Bonchev–Trinajstić information content (AvgIpc) is 3.10. The van der Waals surface area contributed by atoms with E-state index in [-0.39, 0.29) is 18.0 Å². The maximum Gasteiger partial charge on any atom is 0.271 e. The standard InChI is InChI=1S/C23H18N4O2S/c1-13-10-14(2)25-22-19(13)20-21(30-22)23(29)27(12-24-20)11-18(28)26-17-9-5-7-15-6-3-4-8-16(15)17/h3-10,12H,11H2,1-2H3,(H,26,28). The van der Waals surface area contributed by atoms with Crippen LogP contribution in [0.4, 0.5) is 5.69 Å². The number of benzene rings is 2. The highest BCUT2D eigenvalue weighted by molar-refractivity contribution is 7.25. The number of thiophene rings is 1. The van der Waals surface area contributed by atoms with Crippen molar-refractivity contribution < 1.29 is 4.79 Å². The van der Waals surface area contributed by atoms with Gasteiger partial charge in [-0.2, -0.15) is 0 Å². The molecule has 0 unspecified atom stereocenters. The summed E-state index contributed by atoms with van der Waals surface area (Å²) >= 11 is 1.33. The van der Waals surface area contributed by atoms with E-state index in [4.69, 9.17) is 0 Å². The Morgan fingerprint density at radius 2 is 1.93 bits per heavy atom. The highest BCUT2D eigenvalue weighted by atomic mass is 32.1. The second kappa shape index (κ2) is 7.03. The molecule has 30 heavy (non-hydrogen) atoms. The Kier molecular flexibility index (Phi) is 4.33. The van der Waals surface area contributed by atoms with Crippen molar-refractivity contribution in [2.45, 2.75) is 20.4 Å². The molecule has 0 aliphatic carbocycles.